The van der Waals surface area contributed by atoms with Crippen LogP contribution in [0.5, 0.6) is 0 Å². The normalized spacial score (nSPS) is 28.7. The highest BCUT2D eigenvalue weighted by molar-refractivity contribution is 5.76. The zero-order valence-corrected chi connectivity index (χ0v) is 9.96. The number of ether oxygens (including phenoxy) is 1. The van der Waals surface area contributed by atoms with Crippen LogP contribution in [-0.4, -0.2) is 53.6 Å². The number of aliphatic hydroxyl groups is 1. The molecule has 2 fully saturated rings. The first kappa shape index (κ1) is 13.1. The molecule has 3 unspecified atom stereocenters. The Balaban J connectivity index is 1.71. The molecule has 1 aliphatic heterocycles. The summed E-state index contributed by atoms with van der Waals surface area (Å²) in [5.74, 6) is -0.808. The molecule has 102 valence electrons. The second-order valence-electron chi connectivity index (χ2n) is 4.78. The standard InChI is InChI=1S/C11H18N2O5/c14-8(10(15)16)5-12-11(17)13-7-3-4-18-9(7)6-1-2-6/h6-9,14H,1-5H2,(H,15,16)(H2,12,13,17). The third-order valence-corrected chi connectivity index (χ3v) is 3.28. The number of carboxylic acids is 1. The van der Waals surface area contributed by atoms with Gasteiger partial charge in [0.1, 0.15) is 0 Å². The Hall–Kier alpha value is -1.34. The molecule has 1 saturated heterocycles. The molecule has 18 heavy (non-hydrogen) atoms. The quantitative estimate of drug-likeness (QED) is 0.521. The van der Waals surface area contributed by atoms with E-state index in [0.29, 0.717) is 12.5 Å². The predicted molar refractivity (Wildman–Crippen MR) is 61.0 cm³/mol. The van der Waals surface area contributed by atoms with Crippen molar-refractivity contribution in [2.45, 2.75) is 37.5 Å². The fourth-order valence-corrected chi connectivity index (χ4v) is 2.15. The highest BCUT2D eigenvalue weighted by Crippen LogP contribution is 2.38. The zero-order chi connectivity index (χ0) is 13.1. The molecule has 7 nitrogen and oxygen atoms in total. The summed E-state index contributed by atoms with van der Waals surface area (Å²) in [6.07, 6.45) is 1.57. The fraction of sp³-hybridized carbons (Fsp3) is 0.818. The maximum absolute atomic E-state index is 11.5. The Morgan fingerprint density at radius 2 is 2.06 bits per heavy atom. The van der Waals surface area contributed by atoms with Gasteiger partial charge in [0.25, 0.3) is 0 Å². The molecule has 0 aromatic carbocycles. The molecule has 0 spiro atoms. The number of carbonyl (C=O) groups excluding carboxylic acids is 1. The van der Waals surface area contributed by atoms with Gasteiger partial charge in [-0.2, -0.15) is 0 Å². The predicted octanol–water partition coefficient (Wildman–Crippen LogP) is -0.701. The average Bonchev–Trinajstić information content (AvgIpc) is 3.07. The van der Waals surface area contributed by atoms with Crippen LogP contribution in [0.3, 0.4) is 0 Å². The summed E-state index contributed by atoms with van der Waals surface area (Å²) in [5, 5.41) is 22.6. The van der Waals surface area contributed by atoms with Crippen molar-refractivity contribution < 1.29 is 24.5 Å². The second kappa shape index (κ2) is 5.53. The first-order valence-corrected chi connectivity index (χ1v) is 6.14. The maximum Gasteiger partial charge on any atom is 0.334 e. The van der Waals surface area contributed by atoms with Crippen molar-refractivity contribution >= 4 is 12.0 Å². The van der Waals surface area contributed by atoms with Gasteiger partial charge in [0.2, 0.25) is 0 Å². The van der Waals surface area contributed by atoms with Crippen molar-refractivity contribution in [3.8, 4) is 0 Å². The first-order valence-electron chi connectivity index (χ1n) is 6.14. The van der Waals surface area contributed by atoms with E-state index in [1.807, 2.05) is 0 Å². The lowest BCUT2D eigenvalue weighted by atomic mass is 10.1. The topological polar surface area (TPSA) is 108 Å². The van der Waals surface area contributed by atoms with Gasteiger partial charge < -0.3 is 25.6 Å². The van der Waals surface area contributed by atoms with Crippen molar-refractivity contribution in [3.63, 3.8) is 0 Å². The molecule has 0 aromatic heterocycles. The van der Waals surface area contributed by atoms with Gasteiger partial charge in [0, 0.05) is 6.61 Å². The monoisotopic (exact) mass is 258 g/mol. The van der Waals surface area contributed by atoms with Gasteiger partial charge >= 0.3 is 12.0 Å². The summed E-state index contributed by atoms with van der Waals surface area (Å²) in [6, 6.07) is -0.476. The number of aliphatic hydroxyl groups excluding tert-OH is 1. The maximum atomic E-state index is 11.5. The number of amides is 2. The Morgan fingerprint density at radius 3 is 2.67 bits per heavy atom. The van der Waals surface area contributed by atoms with E-state index in [1.54, 1.807) is 0 Å². The van der Waals surface area contributed by atoms with Crippen molar-refractivity contribution in [2.75, 3.05) is 13.2 Å². The number of aliphatic carboxylic acids is 1. The van der Waals surface area contributed by atoms with E-state index < -0.39 is 18.1 Å². The SMILES string of the molecule is O=C(NCC(O)C(=O)O)NC1CCOC1C1CC1. The molecule has 2 aliphatic rings. The minimum atomic E-state index is -1.57. The fourth-order valence-electron chi connectivity index (χ4n) is 2.15. The highest BCUT2D eigenvalue weighted by Gasteiger charge is 2.41. The molecule has 0 radical (unpaired) electrons. The minimum absolute atomic E-state index is 0.0144. The molecule has 0 bridgehead atoms. The number of carboxylic acid groups (broad SMARTS) is 1. The lowest BCUT2D eigenvalue weighted by molar-refractivity contribution is -0.146. The number of carbonyl (C=O) groups is 2. The van der Waals surface area contributed by atoms with Gasteiger partial charge in [-0.15, -0.1) is 0 Å². The zero-order valence-electron chi connectivity index (χ0n) is 9.96. The first-order chi connectivity index (χ1) is 8.58. The summed E-state index contributed by atoms with van der Waals surface area (Å²) in [6.45, 7) is 0.340. The Kier molecular flexibility index (Phi) is 4.03. The number of urea groups is 1. The van der Waals surface area contributed by atoms with Gasteiger partial charge in [0.15, 0.2) is 6.10 Å². The number of nitrogens with one attached hydrogen (secondary N) is 2. The lowest BCUT2D eigenvalue weighted by Crippen LogP contribution is -2.48. The van der Waals surface area contributed by atoms with Crippen molar-refractivity contribution in [1.82, 2.24) is 10.6 Å². The van der Waals surface area contributed by atoms with E-state index in [0.717, 1.165) is 19.3 Å². The van der Waals surface area contributed by atoms with E-state index >= 15 is 0 Å². The molecule has 4 N–H and O–H groups in total. The van der Waals surface area contributed by atoms with Gasteiger partial charge in [-0.1, -0.05) is 0 Å². The van der Waals surface area contributed by atoms with Crippen LogP contribution in [0, 0.1) is 5.92 Å². The van der Waals surface area contributed by atoms with Crippen LogP contribution in [-0.2, 0) is 9.53 Å². The number of hydrogen-bond acceptors (Lipinski definition) is 4. The van der Waals surface area contributed by atoms with E-state index in [1.165, 1.54) is 0 Å². The van der Waals surface area contributed by atoms with Crippen LogP contribution < -0.4 is 10.6 Å². The molecule has 2 amide bonds. The van der Waals surface area contributed by atoms with Crippen LogP contribution in [0.2, 0.25) is 0 Å². The van der Waals surface area contributed by atoms with E-state index in [-0.39, 0.29) is 18.7 Å². The third kappa shape index (κ3) is 3.33. The molecule has 1 saturated carbocycles. The van der Waals surface area contributed by atoms with Crippen LogP contribution in [0.1, 0.15) is 19.3 Å². The summed E-state index contributed by atoms with van der Waals surface area (Å²) in [7, 11) is 0. The summed E-state index contributed by atoms with van der Waals surface area (Å²) in [5.41, 5.74) is 0. The van der Waals surface area contributed by atoms with Gasteiger partial charge in [-0.05, 0) is 25.2 Å². The lowest BCUT2D eigenvalue weighted by Gasteiger charge is -2.20. The van der Waals surface area contributed by atoms with Crippen LogP contribution in [0.25, 0.3) is 0 Å². The Bertz CT molecular complexity index is 331. The molecular weight excluding hydrogens is 240 g/mol. The Labute approximate surface area is 105 Å². The summed E-state index contributed by atoms with van der Waals surface area (Å²) < 4.78 is 5.57. The van der Waals surface area contributed by atoms with Crippen molar-refractivity contribution in [3.05, 3.63) is 0 Å². The summed E-state index contributed by atoms with van der Waals surface area (Å²) in [4.78, 5) is 21.9. The number of rotatable bonds is 5. The Morgan fingerprint density at radius 1 is 1.33 bits per heavy atom. The second-order valence-corrected chi connectivity index (χ2v) is 4.78. The molecule has 2 rings (SSSR count). The molecule has 0 aromatic rings. The van der Waals surface area contributed by atoms with Gasteiger partial charge in [-0.3, -0.25) is 0 Å². The smallest absolute Gasteiger partial charge is 0.334 e. The van der Waals surface area contributed by atoms with Gasteiger partial charge in [-0.25, -0.2) is 9.59 Å². The molecule has 7 heteroatoms. The minimum Gasteiger partial charge on any atom is -0.479 e. The third-order valence-electron chi connectivity index (χ3n) is 3.28. The van der Waals surface area contributed by atoms with Crippen LogP contribution >= 0.6 is 0 Å². The van der Waals surface area contributed by atoms with Crippen molar-refractivity contribution in [1.29, 1.82) is 0 Å². The number of hydrogen-bond donors (Lipinski definition) is 4. The highest BCUT2D eigenvalue weighted by atomic mass is 16.5. The molecule has 1 heterocycles. The largest absolute Gasteiger partial charge is 0.479 e. The van der Waals surface area contributed by atoms with E-state index in [2.05, 4.69) is 10.6 Å². The summed E-state index contributed by atoms with van der Waals surface area (Å²) >= 11 is 0. The van der Waals surface area contributed by atoms with Crippen molar-refractivity contribution in [2.24, 2.45) is 5.92 Å². The molecular formula is C11H18N2O5. The van der Waals surface area contributed by atoms with E-state index in [4.69, 9.17) is 14.9 Å². The van der Waals surface area contributed by atoms with Crippen LogP contribution in [0.15, 0.2) is 0 Å². The molecule has 3 atom stereocenters. The average molecular weight is 258 g/mol. The van der Waals surface area contributed by atoms with Crippen LogP contribution in [0.4, 0.5) is 4.79 Å². The molecule has 1 aliphatic carbocycles. The van der Waals surface area contributed by atoms with E-state index in [9.17, 15) is 9.59 Å². The van der Waals surface area contributed by atoms with Gasteiger partial charge in [0.05, 0.1) is 18.7 Å².